The molecule has 6 rings (SSSR count). The van der Waals surface area contributed by atoms with Gasteiger partial charge in [-0.3, -0.25) is 4.79 Å². The topological polar surface area (TPSA) is 75.4 Å². The molecule has 3 aromatic rings. The number of carbonyl (C=O) groups is 1. The fourth-order valence-corrected chi connectivity index (χ4v) is 4.21. The normalized spacial score (nSPS) is 21.6. The Kier molecular flexibility index (Phi) is 4.27. The molecule has 2 atom stereocenters. The monoisotopic (exact) mass is 375 g/mol. The number of hydrogen-bond donors (Lipinski definition) is 0. The van der Waals surface area contributed by atoms with Crippen LogP contribution in [0.5, 0.6) is 0 Å². The molecule has 3 fully saturated rings. The molecule has 1 aromatic carbocycles. The minimum atomic E-state index is -0.0831. The lowest BCUT2D eigenvalue weighted by molar-refractivity contribution is 0.0550. The van der Waals surface area contributed by atoms with E-state index in [1.165, 1.54) is 0 Å². The predicted octanol–water partition coefficient (Wildman–Crippen LogP) is 2.87. The average molecular weight is 375 g/mol. The molecule has 3 aliphatic rings. The molecule has 3 aliphatic heterocycles. The number of piperidine rings is 1. The van der Waals surface area contributed by atoms with Crippen molar-refractivity contribution in [2.24, 2.45) is 5.92 Å². The Labute approximate surface area is 163 Å². The molecule has 2 bridgehead atoms. The third-order valence-corrected chi connectivity index (χ3v) is 5.60. The van der Waals surface area contributed by atoms with Gasteiger partial charge in [0.2, 0.25) is 11.7 Å². The second-order valence-electron chi connectivity index (χ2n) is 7.45. The van der Waals surface area contributed by atoms with E-state index in [1.807, 2.05) is 41.3 Å². The van der Waals surface area contributed by atoms with Gasteiger partial charge in [-0.2, -0.15) is 0 Å². The highest BCUT2D eigenvalue weighted by Crippen LogP contribution is 2.31. The fraction of sp³-hybridized carbons (Fsp3) is 0.333. The van der Waals surface area contributed by atoms with E-state index in [4.69, 9.17) is 4.52 Å². The molecule has 5 heterocycles. The molecule has 0 radical (unpaired) electrons. The summed E-state index contributed by atoms with van der Waals surface area (Å²) in [4.78, 5) is 26.1. The summed E-state index contributed by atoms with van der Waals surface area (Å²) < 4.78 is 5.41. The predicted molar refractivity (Wildman–Crippen MR) is 104 cm³/mol. The van der Waals surface area contributed by atoms with Crippen LogP contribution in [0.4, 0.5) is 5.95 Å². The number of benzene rings is 1. The van der Waals surface area contributed by atoms with Crippen molar-refractivity contribution in [3.05, 3.63) is 60.6 Å². The summed E-state index contributed by atoms with van der Waals surface area (Å²) >= 11 is 0. The van der Waals surface area contributed by atoms with Crippen molar-refractivity contribution in [2.75, 3.05) is 24.5 Å². The summed E-state index contributed by atoms with van der Waals surface area (Å²) in [5, 5.41) is 4.10. The van der Waals surface area contributed by atoms with Crippen LogP contribution >= 0.6 is 0 Å². The Bertz CT molecular complexity index is 959. The third kappa shape index (κ3) is 3.13. The molecule has 3 saturated heterocycles. The largest absolute Gasteiger partial charge is 0.350 e. The van der Waals surface area contributed by atoms with Gasteiger partial charge in [-0.1, -0.05) is 35.5 Å². The van der Waals surface area contributed by atoms with E-state index in [-0.39, 0.29) is 11.9 Å². The Morgan fingerprint density at radius 2 is 1.82 bits per heavy atom. The molecule has 0 unspecified atom stereocenters. The van der Waals surface area contributed by atoms with Gasteiger partial charge in [0.1, 0.15) is 5.69 Å². The lowest BCUT2D eigenvalue weighted by atomic mass is 9.95. The zero-order valence-corrected chi connectivity index (χ0v) is 15.4. The van der Waals surface area contributed by atoms with Gasteiger partial charge in [-0.25, -0.2) is 9.97 Å². The maximum absolute atomic E-state index is 13.2. The van der Waals surface area contributed by atoms with Gasteiger partial charge >= 0.3 is 0 Å². The molecule has 28 heavy (non-hydrogen) atoms. The van der Waals surface area contributed by atoms with Gasteiger partial charge in [0.15, 0.2) is 0 Å². The number of aromatic nitrogens is 3. The van der Waals surface area contributed by atoms with Crippen LogP contribution in [0.1, 0.15) is 23.4 Å². The van der Waals surface area contributed by atoms with E-state index in [9.17, 15) is 4.79 Å². The van der Waals surface area contributed by atoms with E-state index in [0.29, 0.717) is 17.4 Å². The zero-order valence-electron chi connectivity index (χ0n) is 15.4. The fourth-order valence-electron chi connectivity index (χ4n) is 4.21. The van der Waals surface area contributed by atoms with Crippen LogP contribution in [0.3, 0.4) is 0 Å². The molecule has 0 aliphatic carbocycles. The molecule has 0 saturated carbocycles. The SMILES string of the molecule is O=C(c1cc(-c2ccccc2)no1)N1C[C@H]2CC[C@@H]1CN(c1ncccn1)C2. The molecule has 1 amide bonds. The quantitative estimate of drug-likeness (QED) is 0.701. The first-order chi connectivity index (χ1) is 13.8. The second-order valence-corrected chi connectivity index (χ2v) is 7.45. The van der Waals surface area contributed by atoms with Crippen LogP contribution < -0.4 is 4.90 Å². The van der Waals surface area contributed by atoms with Gasteiger partial charge in [0, 0.05) is 49.7 Å². The number of hydrogen-bond acceptors (Lipinski definition) is 6. The van der Waals surface area contributed by atoms with E-state index >= 15 is 0 Å². The van der Waals surface area contributed by atoms with Crippen molar-refractivity contribution in [1.82, 2.24) is 20.0 Å². The minimum absolute atomic E-state index is 0.0831. The molecule has 2 aromatic heterocycles. The van der Waals surface area contributed by atoms with Gasteiger partial charge in [-0.15, -0.1) is 0 Å². The standard InChI is InChI=1S/C21H21N5O2/c27-20(19-11-18(24-28-19)16-5-2-1-3-6-16)26-13-15-7-8-17(26)14-25(12-15)21-22-9-4-10-23-21/h1-6,9-11,15,17H,7-8,12-14H2/t15-,17+/m0/s1. The summed E-state index contributed by atoms with van der Waals surface area (Å²) in [6.07, 6.45) is 5.62. The Balaban J connectivity index is 1.37. The first kappa shape index (κ1) is 16.9. The van der Waals surface area contributed by atoms with Gasteiger partial charge in [0.25, 0.3) is 5.91 Å². The van der Waals surface area contributed by atoms with Gasteiger partial charge < -0.3 is 14.3 Å². The average Bonchev–Trinajstić information content (AvgIpc) is 3.07. The number of nitrogens with zero attached hydrogens (tertiary/aromatic N) is 5. The number of fused-ring (bicyclic) bond motifs is 4. The minimum Gasteiger partial charge on any atom is -0.350 e. The van der Waals surface area contributed by atoms with E-state index < -0.39 is 0 Å². The van der Waals surface area contributed by atoms with Crippen molar-refractivity contribution in [3.63, 3.8) is 0 Å². The van der Waals surface area contributed by atoms with Crippen LogP contribution in [-0.4, -0.2) is 51.6 Å². The summed E-state index contributed by atoms with van der Waals surface area (Å²) in [6, 6.07) is 13.4. The summed E-state index contributed by atoms with van der Waals surface area (Å²) in [5.41, 5.74) is 1.62. The van der Waals surface area contributed by atoms with Crippen molar-refractivity contribution in [2.45, 2.75) is 18.9 Å². The van der Waals surface area contributed by atoms with Crippen LogP contribution in [-0.2, 0) is 0 Å². The molecule has 0 N–H and O–H groups in total. The van der Waals surface area contributed by atoms with Crippen LogP contribution in [0.2, 0.25) is 0 Å². The molecular weight excluding hydrogens is 354 g/mol. The Morgan fingerprint density at radius 1 is 1.00 bits per heavy atom. The summed E-state index contributed by atoms with van der Waals surface area (Å²) in [5.74, 6) is 1.36. The highest BCUT2D eigenvalue weighted by molar-refractivity contribution is 5.92. The molecular formula is C21H21N5O2. The maximum atomic E-state index is 13.2. The molecule has 0 spiro atoms. The van der Waals surface area contributed by atoms with Crippen LogP contribution in [0.15, 0.2) is 59.4 Å². The first-order valence-corrected chi connectivity index (χ1v) is 9.63. The van der Waals surface area contributed by atoms with Crippen LogP contribution in [0.25, 0.3) is 11.3 Å². The van der Waals surface area contributed by atoms with E-state index in [1.54, 1.807) is 18.5 Å². The van der Waals surface area contributed by atoms with Crippen molar-refractivity contribution in [3.8, 4) is 11.3 Å². The number of carbonyl (C=O) groups excluding carboxylic acids is 1. The third-order valence-electron chi connectivity index (χ3n) is 5.60. The summed E-state index contributed by atoms with van der Waals surface area (Å²) in [7, 11) is 0. The van der Waals surface area contributed by atoms with Crippen molar-refractivity contribution >= 4 is 11.9 Å². The lowest BCUT2D eigenvalue weighted by Gasteiger charge is -2.35. The number of amides is 1. The number of anilines is 1. The molecule has 7 heteroatoms. The van der Waals surface area contributed by atoms with Gasteiger partial charge in [-0.05, 0) is 24.8 Å². The van der Waals surface area contributed by atoms with Crippen LogP contribution in [0, 0.1) is 5.92 Å². The first-order valence-electron chi connectivity index (χ1n) is 9.63. The van der Waals surface area contributed by atoms with E-state index in [2.05, 4.69) is 20.0 Å². The Hall–Kier alpha value is -3.22. The van der Waals surface area contributed by atoms with E-state index in [0.717, 1.165) is 44.0 Å². The highest BCUT2D eigenvalue weighted by atomic mass is 16.5. The number of rotatable bonds is 3. The maximum Gasteiger partial charge on any atom is 0.292 e. The van der Waals surface area contributed by atoms with Crippen molar-refractivity contribution < 1.29 is 9.32 Å². The lowest BCUT2D eigenvalue weighted by Crippen LogP contribution is -2.47. The zero-order chi connectivity index (χ0) is 18.9. The Morgan fingerprint density at radius 3 is 2.64 bits per heavy atom. The van der Waals surface area contributed by atoms with Gasteiger partial charge in [0.05, 0.1) is 0 Å². The second kappa shape index (κ2) is 7.07. The molecule has 7 nitrogen and oxygen atoms in total. The highest BCUT2D eigenvalue weighted by Gasteiger charge is 2.39. The molecule has 142 valence electrons. The van der Waals surface area contributed by atoms with Crippen molar-refractivity contribution in [1.29, 1.82) is 0 Å². The smallest absolute Gasteiger partial charge is 0.292 e. The summed E-state index contributed by atoms with van der Waals surface area (Å²) in [6.45, 7) is 2.34.